The molecule has 1 heterocycles. The molecule has 0 spiro atoms. The van der Waals surface area contributed by atoms with Crippen molar-refractivity contribution in [3.63, 3.8) is 0 Å². The van der Waals surface area contributed by atoms with Crippen LogP contribution in [0.15, 0.2) is 47.6 Å². The Morgan fingerprint density at radius 2 is 2.09 bits per heavy atom. The molecule has 1 N–H and O–H groups in total. The molecule has 3 rings (SSSR count). The average Bonchev–Trinajstić information content (AvgIpc) is 3.04. The van der Waals surface area contributed by atoms with Gasteiger partial charge in [-0.05, 0) is 47.2 Å². The number of hydrogen-bond acceptors (Lipinski definition) is 3. The van der Waals surface area contributed by atoms with Gasteiger partial charge in [0.2, 0.25) is 0 Å². The highest BCUT2D eigenvalue weighted by Gasteiger charge is 2.23. The third-order valence-electron chi connectivity index (χ3n) is 4.36. The van der Waals surface area contributed by atoms with Crippen LogP contribution in [0.5, 0.6) is 0 Å². The molecular weight excluding hydrogens is 288 g/mol. The van der Waals surface area contributed by atoms with E-state index in [1.165, 1.54) is 16.3 Å². The first-order valence-corrected chi connectivity index (χ1v) is 8.18. The minimum absolute atomic E-state index is 0.269. The predicted molar refractivity (Wildman–Crippen MR) is 92.2 cm³/mol. The molecule has 0 aromatic heterocycles. The quantitative estimate of drug-likeness (QED) is 0.361. The third-order valence-corrected chi connectivity index (χ3v) is 4.36. The van der Waals surface area contributed by atoms with E-state index in [1.54, 1.807) is 0 Å². The second-order valence-electron chi connectivity index (χ2n) is 6.05. The minimum atomic E-state index is 0.269. The molecule has 1 aliphatic heterocycles. The van der Waals surface area contributed by atoms with Gasteiger partial charge in [-0.2, -0.15) is 0 Å². The van der Waals surface area contributed by atoms with Crippen LogP contribution in [0.1, 0.15) is 24.8 Å². The lowest BCUT2D eigenvalue weighted by Crippen LogP contribution is -2.21. The van der Waals surface area contributed by atoms with E-state index >= 15 is 0 Å². The standard InChI is InChI=1S/C18H22N4O/c19-22-21-9-3-6-17-11-18(12-20-17)23-13-14-7-8-15-4-1-2-5-16(15)10-14/h1-2,4-5,7-8,10,17-18,20H,3,6,9,11-13H2/t17-,18+/m1/s1. The first-order chi connectivity index (χ1) is 11.3. The van der Waals surface area contributed by atoms with Crippen LogP contribution in [-0.4, -0.2) is 25.2 Å². The Labute approximate surface area is 136 Å². The number of nitrogens with one attached hydrogen (secondary N) is 1. The summed E-state index contributed by atoms with van der Waals surface area (Å²) >= 11 is 0. The minimum Gasteiger partial charge on any atom is -0.372 e. The smallest absolute Gasteiger partial charge is 0.0721 e. The van der Waals surface area contributed by atoms with Crippen LogP contribution in [0.25, 0.3) is 21.2 Å². The number of nitrogens with zero attached hydrogens (tertiary/aromatic N) is 3. The van der Waals surface area contributed by atoms with Crippen molar-refractivity contribution in [1.29, 1.82) is 0 Å². The highest BCUT2D eigenvalue weighted by atomic mass is 16.5. The number of rotatable bonds is 7. The maximum atomic E-state index is 8.27. The molecule has 120 valence electrons. The summed E-state index contributed by atoms with van der Waals surface area (Å²) in [5.41, 5.74) is 9.49. The molecule has 0 amide bonds. The fraction of sp³-hybridized carbons (Fsp3) is 0.444. The molecule has 0 saturated carbocycles. The number of hydrogen-bond donors (Lipinski definition) is 1. The summed E-state index contributed by atoms with van der Waals surface area (Å²) in [6.45, 7) is 2.14. The lowest BCUT2D eigenvalue weighted by atomic mass is 10.1. The van der Waals surface area contributed by atoms with Crippen molar-refractivity contribution in [2.45, 2.75) is 38.0 Å². The van der Waals surface area contributed by atoms with Gasteiger partial charge in [0.05, 0.1) is 12.7 Å². The topological polar surface area (TPSA) is 70.0 Å². The van der Waals surface area contributed by atoms with Gasteiger partial charge >= 0.3 is 0 Å². The predicted octanol–water partition coefficient (Wildman–Crippen LogP) is 4.18. The lowest BCUT2D eigenvalue weighted by molar-refractivity contribution is 0.0524. The van der Waals surface area contributed by atoms with Gasteiger partial charge in [0, 0.05) is 24.0 Å². The monoisotopic (exact) mass is 310 g/mol. The molecule has 23 heavy (non-hydrogen) atoms. The van der Waals surface area contributed by atoms with Crippen LogP contribution in [0.2, 0.25) is 0 Å². The summed E-state index contributed by atoms with van der Waals surface area (Å²) in [6, 6.07) is 15.4. The summed E-state index contributed by atoms with van der Waals surface area (Å²) in [6.07, 6.45) is 3.27. The van der Waals surface area contributed by atoms with Gasteiger partial charge < -0.3 is 10.1 Å². The van der Waals surface area contributed by atoms with Crippen molar-refractivity contribution in [2.24, 2.45) is 5.11 Å². The van der Waals surface area contributed by atoms with Gasteiger partial charge in [0.15, 0.2) is 0 Å². The Bertz CT molecular complexity index is 696. The number of benzene rings is 2. The molecule has 5 nitrogen and oxygen atoms in total. The largest absolute Gasteiger partial charge is 0.372 e. The second-order valence-corrected chi connectivity index (χ2v) is 6.05. The van der Waals surface area contributed by atoms with Gasteiger partial charge in [0.1, 0.15) is 0 Å². The molecule has 0 unspecified atom stereocenters. The van der Waals surface area contributed by atoms with Gasteiger partial charge in [-0.3, -0.25) is 0 Å². The Morgan fingerprint density at radius 3 is 2.96 bits per heavy atom. The lowest BCUT2D eigenvalue weighted by Gasteiger charge is -2.12. The molecular formula is C18H22N4O. The zero-order valence-corrected chi connectivity index (χ0v) is 13.2. The second kappa shape index (κ2) is 7.97. The van der Waals surface area contributed by atoms with Crippen molar-refractivity contribution < 1.29 is 4.74 Å². The van der Waals surface area contributed by atoms with E-state index < -0.39 is 0 Å². The van der Waals surface area contributed by atoms with Crippen molar-refractivity contribution in [1.82, 2.24) is 5.32 Å². The SMILES string of the molecule is [N-]=[N+]=NCCC[C@@H]1C[C@H](OCc2ccc3ccccc3c2)CN1. The van der Waals surface area contributed by atoms with Gasteiger partial charge in [-0.1, -0.05) is 41.5 Å². The highest BCUT2D eigenvalue weighted by molar-refractivity contribution is 5.82. The summed E-state index contributed by atoms with van der Waals surface area (Å²) in [5, 5.41) is 9.59. The van der Waals surface area contributed by atoms with Gasteiger partial charge in [-0.25, -0.2) is 0 Å². The highest BCUT2D eigenvalue weighted by Crippen LogP contribution is 2.19. The van der Waals surface area contributed by atoms with E-state index in [1.807, 2.05) is 0 Å². The van der Waals surface area contributed by atoms with E-state index in [0.29, 0.717) is 19.2 Å². The van der Waals surface area contributed by atoms with E-state index in [-0.39, 0.29) is 6.10 Å². The molecule has 0 aliphatic carbocycles. The molecule has 1 aliphatic rings. The molecule has 2 aromatic carbocycles. The zero-order valence-electron chi connectivity index (χ0n) is 13.2. The Morgan fingerprint density at radius 1 is 1.22 bits per heavy atom. The molecule has 0 bridgehead atoms. The van der Waals surface area contributed by atoms with Gasteiger partial charge in [0.25, 0.3) is 0 Å². The van der Waals surface area contributed by atoms with E-state index in [0.717, 1.165) is 25.8 Å². The van der Waals surface area contributed by atoms with E-state index in [2.05, 4.69) is 57.8 Å². The normalized spacial score (nSPS) is 20.5. The third kappa shape index (κ3) is 4.45. The fourth-order valence-corrected chi connectivity index (χ4v) is 3.12. The van der Waals surface area contributed by atoms with Crippen LogP contribution in [0.3, 0.4) is 0 Å². The van der Waals surface area contributed by atoms with E-state index in [4.69, 9.17) is 10.3 Å². The molecule has 5 heteroatoms. The summed E-state index contributed by atoms with van der Waals surface area (Å²) in [7, 11) is 0. The first kappa shape index (κ1) is 15.8. The summed E-state index contributed by atoms with van der Waals surface area (Å²) in [5.74, 6) is 0. The van der Waals surface area contributed by atoms with Gasteiger partial charge in [-0.15, -0.1) is 0 Å². The Kier molecular flexibility index (Phi) is 5.48. The summed E-state index contributed by atoms with van der Waals surface area (Å²) < 4.78 is 6.05. The summed E-state index contributed by atoms with van der Waals surface area (Å²) in [4.78, 5) is 2.78. The number of fused-ring (bicyclic) bond motifs is 1. The molecule has 1 saturated heterocycles. The maximum absolute atomic E-state index is 8.27. The number of ether oxygens (including phenoxy) is 1. The Balaban J connectivity index is 1.45. The van der Waals surface area contributed by atoms with Crippen LogP contribution < -0.4 is 5.32 Å². The average molecular weight is 310 g/mol. The van der Waals surface area contributed by atoms with Crippen LogP contribution in [-0.2, 0) is 11.3 Å². The molecule has 1 fully saturated rings. The van der Waals surface area contributed by atoms with Crippen LogP contribution in [0.4, 0.5) is 0 Å². The Hall–Kier alpha value is -2.07. The van der Waals surface area contributed by atoms with E-state index in [9.17, 15) is 0 Å². The molecule has 2 aromatic rings. The fourth-order valence-electron chi connectivity index (χ4n) is 3.12. The number of azide groups is 1. The zero-order chi connectivity index (χ0) is 15.9. The van der Waals surface area contributed by atoms with Crippen molar-refractivity contribution in [2.75, 3.05) is 13.1 Å². The molecule has 2 atom stereocenters. The van der Waals surface area contributed by atoms with Crippen LogP contribution in [0, 0.1) is 0 Å². The maximum Gasteiger partial charge on any atom is 0.0721 e. The van der Waals surface area contributed by atoms with Crippen molar-refractivity contribution in [3.8, 4) is 0 Å². The van der Waals surface area contributed by atoms with Crippen molar-refractivity contribution in [3.05, 3.63) is 58.5 Å². The molecule has 0 radical (unpaired) electrons. The first-order valence-electron chi connectivity index (χ1n) is 8.18. The van der Waals surface area contributed by atoms with Crippen molar-refractivity contribution >= 4 is 10.8 Å². The van der Waals surface area contributed by atoms with Crippen LogP contribution >= 0.6 is 0 Å².